The van der Waals surface area contributed by atoms with Gasteiger partial charge in [-0.25, -0.2) is 5.01 Å². The van der Waals surface area contributed by atoms with Gasteiger partial charge in [-0.3, -0.25) is 5.43 Å². The van der Waals surface area contributed by atoms with Gasteiger partial charge in [-0.1, -0.05) is 142 Å². The van der Waals surface area contributed by atoms with Crippen LogP contribution < -0.4 is 5.43 Å². The Morgan fingerprint density at radius 1 is 0.515 bits per heavy atom. The smallest absolute Gasteiger partial charge is 0.0681 e. The van der Waals surface area contributed by atoms with E-state index in [2.05, 4.69) is 19.3 Å². The van der Waals surface area contributed by atoms with E-state index in [1.807, 2.05) is 12.1 Å². The first-order chi connectivity index (χ1) is 16.1. The van der Waals surface area contributed by atoms with Crippen molar-refractivity contribution in [2.45, 2.75) is 167 Å². The molecule has 3 N–H and O–H groups in total. The molecule has 2 atom stereocenters. The normalized spacial score (nSPS) is 13.6. The third-order valence-electron chi connectivity index (χ3n) is 6.86. The average Bonchev–Trinajstić information content (AvgIpc) is 2.80. The molecule has 0 fully saturated rings. The minimum Gasteiger partial charge on any atom is -0.392 e. The summed E-state index contributed by atoms with van der Waals surface area (Å²) in [5.74, 6) is 0. The molecule has 4 nitrogen and oxygen atoms in total. The van der Waals surface area contributed by atoms with Crippen LogP contribution in [0.1, 0.15) is 155 Å². The molecule has 0 heterocycles. The monoisotopic (exact) mass is 470 g/mol. The Morgan fingerprint density at radius 2 is 0.848 bits per heavy atom. The molecule has 0 rings (SSSR count). The Hall–Kier alpha value is -0.160. The Balaban J connectivity index is 3.43. The molecule has 0 bridgehead atoms. The molecule has 0 amide bonds. The van der Waals surface area contributed by atoms with Gasteiger partial charge in [0.05, 0.1) is 12.2 Å². The third-order valence-corrected chi connectivity index (χ3v) is 6.86. The minimum absolute atomic E-state index is 0.282. The molecule has 0 saturated carbocycles. The van der Waals surface area contributed by atoms with E-state index in [9.17, 15) is 10.2 Å². The van der Waals surface area contributed by atoms with E-state index in [0.29, 0.717) is 13.1 Å². The number of unbranched alkanes of at least 4 members (excludes halogenated alkanes) is 18. The summed E-state index contributed by atoms with van der Waals surface area (Å²) in [7, 11) is 1.97. The molecule has 0 saturated heterocycles. The molecule has 0 radical (unpaired) electrons. The van der Waals surface area contributed by atoms with Gasteiger partial charge in [0.2, 0.25) is 0 Å². The molecule has 0 spiro atoms. The summed E-state index contributed by atoms with van der Waals surface area (Å²) in [5, 5.41) is 22.4. The molecular weight excluding hydrogens is 408 g/mol. The lowest BCUT2D eigenvalue weighted by Crippen LogP contribution is -2.43. The van der Waals surface area contributed by atoms with Crippen molar-refractivity contribution < 1.29 is 10.2 Å². The highest BCUT2D eigenvalue weighted by atomic mass is 16.3. The van der Waals surface area contributed by atoms with Crippen molar-refractivity contribution >= 4 is 0 Å². The van der Waals surface area contributed by atoms with Crippen molar-refractivity contribution in [3.8, 4) is 0 Å². The SMILES string of the molecule is CCCCCCCCCCCCC(O)CNN(C)CC(O)CCCCCCCCCCCC. The molecule has 0 aliphatic carbocycles. The highest BCUT2D eigenvalue weighted by Gasteiger charge is 2.10. The van der Waals surface area contributed by atoms with Crippen molar-refractivity contribution in [3.05, 3.63) is 0 Å². The molecule has 0 aliphatic heterocycles. The van der Waals surface area contributed by atoms with Crippen molar-refractivity contribution in [1.82, 2.24) is 10.4 Å². The predicted octanol–water partition coefficient (Wildman–Crippen LogP) is 7.77. The summed E-state index contributed by atoms with van der Waals surface area (Å²) in [5.41, 5.74) is 3.26. The predicted molar refractivity (Wildman–Crippen MR) is 146 cm³/mol. The maximum absolute atomic E-state index is 10.3. The van der Waals surface area contributed by atoms with Crippen LogP contribution in [0.5, 0.6) is 0 Å². The van der Waals surface area contributed by atoms with Crippen LogP contribution in [-0.2, 0) is 0 Å². The summed E-state index contributed by atoms with van der Waals surface area (Å²) >= 11 is 0. The van der Waals surface area contributed by atoms with E-state index in [0.717, 1.165) is 25.7 Å². The zero-order valence-electron chi connectivity index (χ0n) is 23.0. The van der Waals surface area contributed by atoms with Crippen LogP contribution in [-0.4, -0.2) is 47.6 Å². The molecule has 0 aliphatic rings. The second kappa shape index (κ2) is 26.4. The number of aliphatic hydroxyl groups excluding tert-OH is 2. The minimum atomic E-state index is -0.291. The van der Waals surface area contributed by atoms with E-state index in [1.54, 1.807) is 0 Å². The number of rotatable bonds is 27. The van der Waals surface area contributed by atoms with Gasteiger partial charge >= 0.3 is 0 Å². The lowest BCUT2D eigenvalue weighted by atomic mass is 10.0. The first-order valence-electron chi connectivity index (χ1n) is 14.9. The van der Waals surface area contributed by atoms with Gasteiger partial charge in [-0.05, 0) is 12.8 Å². The third kappa shape index (κ3) is 26.3. The van der Waals surface area contributed by atoms with Gasteiger partial charge in [0.1, 0.15) is 0 Å². The van der Waals surface area contributed by atoms with E-state index in [4.69, 9.17) is 0 Å². The second-order valence-electron chi connectivity index (χ2n) is 10.5. The van der Waals surface area contributed by atoms with Crippen LogP contribution in [0.15, 0.2) is 0 Å². The summed E-state index contributed by atoms with van der Waals surface area (Å²) < 4.78 is 0. The zero-order chi connectivity index (χ0) is 24.4. The van der Waals surface area contributed by atoms with E-state index < -0.39 is 0 Å². The summed E-state index contributed by atoms with van der Waals surface area (Å²) in [6.07, 6.45) is 27.8. The topological polar surface area (TPSA) is 55.7 Å². The molecule has 4 heteroatoms. The Labute approximate surface area is 208 Å². The lowest BCUT2D eigenvalue weighted by Gasteiger charge is -2.23. The molecule has 2 unspecified atom stereocenters. The largest absolute Gasteiger partial charge is 0.392 e. The Bertz CT molecular complexity index is 368. The molecule has 200 valence electrons. The summed E-state index contributed by atoms with van der Waals surface area (Å²) in [6.45, 7) is 5.75. The van der Waals surface area contributed by atoms with Crippen LogP contribution in [0.25, 0.3) is 0 Å². The Morgan fingerprint density at radius 3 is 1.24 bits per heavy atom. The fourth-order valence-electron chi connectivity index (χ4n) is 4.57. The van der Waals surface area contributed by atoms with Crippen LogP contribution in [0.4, 0.5) is 0 Å². The fraction of sp³-hybridized carbons (Fsp3) is 1.00. The second-order valence-corrected chi connectivity index (χ2v) is 10.5. The van der Waals surface area contributed by atoms with Crippen molar-refractivity contribution in [2.24, 2.45) is 0 Å². The first-order valence-corrected chi connectivity index (χ1v) is 14.9. The number of nitrogens with zero attached hydrogens (tertiary/aromatic N) is 1. The maximum atomic E-state index is 10.3. The molecular formula is C29H62N2O2. The molecule has 0 aromatic rings. The number of aliphatic hydroxyl groups is 2. The Kier molecular flexibility index (Phi) is 26.3. The zero-order valence-corrected chi connectivity index (χ0v) is 23.0. The van der Waals surface area contributed by atoms with Gasteiger partial charge < -0.3 is 10.2 Å². The number of likely N-dealkylation sites (N-methyl/N-ethyl adjacent to an activating group) is 1. The van der Waals surface area contributed by atoms with Crippen molar-refractivity contribution in [3.63, 3.8) is 0 Å². The van der Waals surface area contributed by atoms with E-state index in [-0.39, 0.29) is 12.2 Å². The van der Waals surface area contributed by atoms with Gasteiger partial charge in [-0.15, -0.1) is 0 Å². The van der Waals surface area contributed by atoms with Crippen LogP contribution in [0.2, 0.25) is 0 Å². The van der Waals surface area contributed by atoms with Crippen LogP contribution in [0.3, 0.4) is 0 Å². The molecule has 0 aromatic carbocycles. The van der Waals surface area contributed by atoms with Gasteiger partial charge in [0.15, 0.2) is 0 Å². The standard InChI is InChI=1S/C29H62N2O2/c1-4-6-8-10-12-14-16-18-20-22-24-28(32)26-30-31(3)27-29(33)25-23-21-19-17-15-13-11-9-7-5-2/h28-30,32-33H,4-27H2,1-3H3. The number of hydrazine groups is 1. The lowest BCUT2D eigenvalue weighted by molar-refractivity contribution is 0.0706. The van der Waals surface area contributed by atoms with Crippen LogP contribution in [0, 0.1) is 0 Å². The highest BCUT2D eigenvalue weighted by molar-refractivity contribution is 4.63. The average molecular weight is 471 g/mol. The quantitative estimate of drug-likeness (QED) is 0.0847. The van der Waals surface area contributed by atoms with Crippen molar-refractivity contribution in [2.75, 3.05) is 20.1 Å². The maximum Gasteiger partial charge on any atom is 0.0681 e. The first kappa shape index (κ1) is 32.8. The summed E-state index contributed by atoms with van der Waals surface area (Å²) in [6, 6.07) is 0. The van der Waals surface area contributed by atoms with Gasteiger partial charge in [0.25, 0.3) is 0 Å². The van der Waals surface area contributed by atoms with Crippen LogP contribution >= 0.6 is 0 Å². The number of hydrogen-bond acceptors (Lipinski definition) is 4. The van der Waals surface area contributed by atoms with E-state index in [1.165, 1.54) is 116 Å². The van der Waals surface area contributed by atoms with Crippen molar-refractivity contribution in [1.29, 1.82) is 0 Å². The highest BCUT2D eigenvalue weighted by Crippen LogP contribution is 2.13. The van der Waals surface area contributed by atoms with Gasteiger partial charge in [-0.2, -0.15) is 0 Å². The number of hydrogen-bond donors (Lipinski definition) is 3. The van der Waals surface area contributed by atoms with E-state index >= 15 is 0 Å². The summed E-state index contributed by atoms with van der Waals surface area (Å²) in [4.78, 5) is 0. The van der Waals surface area contributed by atoms with Gasteiger partial charge in [0, 0.05) is 20.1 Å². The molecule has 33 heavy (non-hydrogen) atoms. The fourth-order valence-corrected chi connectivity index (χ4v) is 4.57. The molecule has 0 aromatic heterocycles. The number of nitrogens with one attached hydrogen (secondary N) is 1.